The highest BCUT2D eigenvalue weighted by atomic mass is 79.9. The van der Waals surface area contributed by atoms with Crippen LogP contribution in [0, 0.1) is 0 Å². The second-order valence-corrected chi connectivity index (χ2v) is 4.38. The van der Waals surface area contributed by atoms with Gasteiger partial charge in [-0.25, -0.2) is 0 Å². The minimum absolute atomic E-state index is 0.0330. The molecular weight excluding hydrogens is 238 g/mol. The summed E-state index contributed by atoms with van der Waals surface area (Å²) in [4.78, 5) is 11.8. The number of rotatable bonds is 3. The molecule has 0 spiro atoms. The number of hydrogen-bond acceptors (Lipinski definition) is 2. The van der Waals surface area contributed by atoms with Crippen molar-refractivity contribution >= 4 is 33.2 Å². The van der Waals surface area contributed by atoms with Crippen molar-refractivity contribution in [3.05, 3.63) is 20.8 Å². The Balaban J connectivity index is 2.29. The number of carbonyl (C=O) groups excluding carboxylic acids is 1. The van der Waals surface area contributed by atoms with Crippen LogP contribution in [0.15, 0.2) is 15.9 Å². The second-order valence-electron chi connectivity index (χ2n) is 2.46. The Labute approximate surface area is 84.1 Å². The maximum Gasteiger partial charge on any atom is 0.216 e. The lowest BCUT2D eigenvalue weighted by Crippen LogP contribution is -2.21. The molecule has 1 amide bonds. The van der Waals surface area contributed by atoms with E-state index in [4.69, 9.17) is 0 Å². The van der Waals surface area contributed by atoms with Gasteiger partial charge in [-0.05, 0) is 28.4 Å². The average Bonchev–Trinajstić information content (AvgIpc) is 2.35. The van der Waals surface area contributed by atoms with E-state index in [9.17, 15) is 4.79 Å². The van der Waals surface area contributed by atoms with Gasteiger partial charge < -0.3 is 5.32 Å². The molecule has 0 aromatic carbocycles. The number of halogens is 1. The van der Waals surface area contributed by atoms with E-state index in [-0.39, 0.29) is 5.91 Å². The molecule has 0 radical (unpaired) electrons. The fraction of sp³-hybridized carbons (Fsp3) is 0.375. The fourth-order valence-electron chi connectivity index (χ4n) is 0.847. The minimum Gasteiger partial charge on any atom is -0.356 e. The summed E-state index contributed by atoms with van der Waals surface area (Å²) < 4.78 is 1.12. The van der Waals surface area contributed by atoms with E-state index in [0.717, 1.165) is 17.4 Å². The van der Waals surface area contributed by atoms with Crippen LogP contribution >= 0.6 is 27.3 Å². The van der Waals surface area contributed by atoms with Crippen LogP contribution in [-0.2, 0) is 11.2 Å². The number of hydrogen-bond donors (Lipinski definition) is 1. The molecule has 1 aromatic rings. The van der Waals surface area contributed by atoms with Crippen LogP contribution in [0.5, 0.6) is 0 Å². The largest absolute Gasteiger partial charge is 0.356 e. The van der Waals surface area contributed by atoms with Crippen molar-refractivity contribution in [3.8, 4) is 0 Å². The smallest absolute Gasteiger partial charge is 0.216 e. The van der Waals surface area contributed by atoms with E-state index in [0.29, 0.717) is 0 Å². The van der Waals surface area contributed by atoms with Gasteiger partial charge in [0.1, 0.15) is 0 Å². The Morgan fingerprint density at radius 3 is 3.00 bits per heavy atom. The van der Waals surface area contributed by atoms with Crippen LogP contribution in [-0.4, -0.2) is 12.5 Å². The van der Waals surface area contributed by atoms with Crippen LogP contribution in [0.2, 0.25) is 0 Å². The van der Waals surface area contributed by atoms with Gasteiger partial charge in [0.05, 0.1) is 0 Å². The Morgan fingerprint density at radius 1 is 1.75 bits per heavy atom. The van der Waals surface area contributed by atoms with Crippen LogP contribution in [0.4, 0.5) is 0 Å². The van der Waals surface area contributed by atoms with Gasteiger partial charge in [-0.15, -0.1) is 11.3 Å². The lowest BCUT2D eigenvalue weighted by molar-refractivity contribution is -0.118. The van der Waals surface area contributed by atoms with E-state index >= 15 is 0 Å². The Kier molecular flexibility index (Phi) is 3.75. The summed E-state index contributed by atoms with van der Waals surface area (Å²) in [5, 5.41) is 4.80. The molecule has 0 saturated heterocycles. The summed E-state index contributed by atoms with van der Waals surface area (Å²) in [6.07, 6.45) is 0.913. The first-order valence-corrected chi connectivity index (χ1v) is 5.33. The third kappa shape index (κ3) is 3.36. The zero-order chi connectivity index (χ0) is 8.97. The summed E-state index contributed by atoms with van der Waals surface area (Å²) in [5.41, 5.74) is 0. The van der Waals surface area contributed by atoms with Crippen LogP contribution in [0.1, 0.15) is 11.8 Å². The number of carbonyl (C=O) groups is 1. The van der Waals surface area contributed by atoms with E-state index in [1.54, 1.807) is 11.3 Å². The summed E-state index contributed by atoms with van der Waals surface area (Å²) >= 11 is 5.08. The molecule has 0 atom stereocenters. The minimum atomic E-state index is 0.0330. The Morgan fingerprint density at radius 2 is 2.50 bits per heavy atom. The fourth-order valence-corrected chi connectivity index (χ4v) is 2.30. The lowest BCUT2D eigenvalue weighted by atomic mass is 10.3. The van der Waals surface area contributed by atoms with Gasteiger partial charge in [-0.1, -0.05) is 0 Å². The van der Waals surface area contributed by atoms with Crippen molar-refractivity contribution in [1.29, 1.82) is 0 Å². The van der Waals surface area contributed by atoms with Gasteiger partial charge in [0.15, 0.2) is 0 Å². The summed E-state index contributed by atoms with van der Waals surface area (Å²) in [6, 6.07) is 2.08. The highest BCUT2D eigenvalue weighted by Crippen LogP contribution is 2.19. The zero-order valence-electron chi connectivity index (χ0n) is 6.76. The number of nitrogens with one attached hydrogen (secondary N) is 1. The SMILES string of the molecule is CC(=O)NCCc1cc(Br)cs1. The average molecular weight is 248 g/mol. The van der Waals surface area contributed by atoms with Crippen LogP contribution < -0.4 is 5.32 Å². The molecule has 0 saturated carbocycles. The molecule has 1 aromatic heterocycles. The molecule has 12 heavy (non-hydrogen) atoms. The molecule has 0 aliphatic heterocycles. The van der Waals surface area contributed by atoms with Crippen LogP contribution in [0.3, 0.4) is 0 Å². The molecule has 0 aliphatic carbocycles. The molecule has 0 aliphatic rings. The first-order valence-electron chi connectivity index (χ1n) is 3.66. The number of thiophene rings is 1. The zero-order valence-corrected chi connectivity index (χ0v) is 9.17. The van der Waals surface area contributed by atoms with Crippen molar-refractivity contribution in [2.45, 2.75) is 13.3 Å². The molecule has 1 N–H and O–H groups in total. The van der Waals surface area contributed by atoms with Gasteiger partial charge in [0.2, 0.25) is 5.91 Å². The molecular formula is C8H10BrNOS. The second kappa shape index (κ2) is 4.62. The van der Waals surface area contributed by atoms with Crippen molar-refractivity contribution in [1.82, 2.24) is 5.32 Å². The topological polar surface area (TPSA) is 29.1 Å². The van der Waals surface area contributed by atoms with Gasteiger partial charge in [0, 0.05) is 28.2 Å². The summed E-state index contributed by atoms with van der Waals surface area (Å²) in [6.45, 7) is 2.26. The van der Waals surface area contributed by atoms with E-state index in [1.165, 1.54) is 11.8 Å². The third-order valence-electron chi connectivity index (χ3n) is 1.37. The van der Waals surface area contributed by atoms with Crippen molar-refractivity contribution in [3.63, 3.8) is 0 Å². The van der Waals surface area contributed by atoms with Gasteiger partial charge in [-0.2, -0.15) is 0 Å². The van der Waals surface area contributed by atoms with E-state index in [2.05, 4.69) is 27.3 Å². The molecule has 4 heteroatoms. The van der Waals surface area contributed by atoms with Gasteiger partial charge >= 0.3 is 0 Å². The summed E-state index contributed by atoms with van der Waals surface area (Å²) in [5.74, 6) is 0.0330. The normalized spacial score (nSPS) is 9.83. The Hall–Kier alpha value is -0.350. The molecule has 1 heterocycles. The number of amides is 1. The molecule has 66 valence electrons. The van der Waals surface area contributed by atoms with E-state index < -0.39 is 0 Å². The van der Waals surface area contributed by atoms with Crippen molar-refractivity contribution in [2.75, 3.05) is 6.54 Å². The molecule has 1 rings (SSSR count). The maximum atomic E-state index is 10.5. The van der Waals surface area contributed by atoms with Crippen molar-refractivity contribution in [2.24, 2.45) is 0 Å². The predicted octanol–water partition coefficient (Wildman–Crippen LogP) is 2.19. The first kappa shape index (κ1) is 9.74. The predicted molar refractivity (Wildman–Crippen MR) is 54.4 cm³/mol. The maximum absolute atomic E-state index is 10.5. The lowest BCUT2D eigenvalue weighted by Gasteiger charge is -1.98. The van der Waals surface area contributed by atoms with Gasteiger partial charge in [0.25, 0.3) is 0 Å². The highest BCUT2D eigenvalue weighted by Gasteiger charge is 1.97. The van der Waals surface area contributed by atoms with Crippen molar-refractivity contribution < 1.29 is 4.79 Å². The highest BCUT2D eigenvalue weighted by molar-refractivity contribution is 9.10. The molecule has 2 nitrogen and oxygen atoms in total. The molecule has 0 fully saturated rings. The monoisotopic (exact) mass is 247 g/mol. The quantitative estimate of drug-likeness (QED) is 0.872. The third-order valence-corrected chi connectivity index (χ3v) is 3.12. The van der Waals surface area contributed by atoms with E-state index in [1.807, 2.05) is 5.38 Å². The summed E-state index contributed by atoms with van der Waals surface area (Å²) in [7, 11) is 0. The first-order chi connectivity index (χ1) is 5.68. The Bertz CT molecular complexity index is 272. The van der Waals surface area contributed by atoms with Gasteiger partial charge in [-0.3, -0.25) is 4.79 Å². The standard InChI is InChI=1S/C8H10BrNOS/c1-6(11)10-3-2-8-4-7(9)5-12-8/h4-5H,2-3H2,1H3,(H,10,11). The molecule has 0 bridgehead atoms. The van der Waals surface area contributed by atoms with Crippen LogP contribution in [0.25, 0.3) is 0 Å². The molecule has 0 unspecified atom stereocenters.